The third-order valence-electron chi connectivity index (χ3n) is 5.60. The van der Waals surface area contributed by atoms with Crippen LogP contribution in [0.2, 0.25) is 0 Å². The van der Waals surface area contributed by atoms with Crippen molar-refractivity contribution in [2.24, 2.45) is 0 Å². The van der Waals surface area contributed by atoms with Crippen molar-refractivity contribution >= 4 is 17.4 Å². The third-order valence-corrected chi connectivity index (χ3v) is 5.60. The minimum atomic E-state index is -0.867. The van der Waals surface area contributed by atoms with Gasteiger partial charge < -0.3 is 24.4 Å². The number of ketones is 1. The highest BCUT2D eigenvalue weighted by atomic mass is 19.1. The Kier molecular flexibility index (Phi) is 6.14. The third kappa shape index (κ3) is 4.18. The first-order valence-electron chi connectivity index (χ1n) is 10.6. The molecule has 168 valence electrons. The van der Waals surface area contributed by atoms with Crippen LogP contribution < -0.4 is 19.5 Å². The fraction of sp³-hybridized carbons (Fsp3) is 0.333. The zero-order chi connectivity index (χ0) is 22.8. The van der Waals surface area contributed by atoms with Crippen molar-refractivity contribution in [1.29, 1.82) is 0 Å². The fourth-order valence-electron chi connectivity index (χ4n) is 4.04. The second kappa shape index (κ2) is 9.00. The molecule has 0 radical (unpaired) electrons. The van der Waals surface area contributed by atoms with E-state index in [0.29, 0.717) is 43.2 Å². The maximum absolute atomic E-state index is 13.5. The van der Waals surface area contributed by atoms with E-state index in [1.165, 1.54) is 40.1 Å². The minimum absolute atomic E-state index is 0.129. The first kappa shape index (κ1) is 21.8. The van der Waals surface area contributed by atoms with Crippen molar-refractivity contribution in [3.05, 3.63) is 65.0 Å². The van der Waals surface area contributed by atoms with Gasteiger partial charge in [0, 0.05) is 18.5 Å². The van der Waals surface area contributed by atoms with Crippen molar-refractivity contribution in [3.63, 3.8) is 0 Å². The van der Waals surface area contributed by atoms with Crippen LogP contribution in [0.25, 0.3) is 5.76 Å². The lowest BCUT2D eigenvalue weighted by Crippen LogP contribution is -3.05. The van der Waals surface area contributed by atoms with E-state index in [1.807, 2.05) is 14.1 Å². The molecule has 1 amide bonds. The summed E-state index contributed by atoms with van der Waals surface area (Å²) in [6.45, 7) is 1.88. The minimum Gasteiger partial charge on any atom is -0.872 e. The summed E-state index contributed by atoms with van der Waals surface area (Å²) in [4.78, 5) is 28.5. The van der Waals surface area contributed by atoms with Gasteiger partial charge in [-0.3, -0.25) is 9.59 Å². The Morgan fingerprint density at radius 3 is 2.47 bits per heavy atom. The maximum atomic E-state index is 13.5. The molecule has 0 aromatic heterocycles. The highest BCUT2D eigenvalue weighted by Gasteiger charge is 2.44. The Morgan fingerprint density at radius 2 is 1.78 bits per heavy atom. The topological polar surface area (TPSA) is 83.3 Å². The molecule has 7 nitrogen and oxygen atoms in total. The molecule has 2 aliphatic rings. The highest BCUT2D eigenvalue weighted by molar-refractivity contribution is 6.46. The Bertz CT molecular complexity index is 1060. The first-order valence-corrected chi connectivity index (χ1v) is 10.6. The summed E-state index contributed by atoms with van der Waals surface area (Å²) >= 11 is 0. The van der Waals surface area contributed by atoms with Crippen molar-refractivity contribution < 1.29 is 33.5 Å². The summed E-state index contributed by atoms with van der Waals surface area (Å²) in [5.41, 5.74) is 0.622. The molecule has 2 heterocycles. The van der Waals surface area contributed by atoms with Crippen molar-refractivity contribution in [3.8, 4) is 11.5 Å². The van der Waals surface area contributed by atoms with Crippen molar-refractivity contribution in [2.75, 3.05) is 40.4 Å². The summed E-state index contributed by atoms with van der Waals surface area (Å²) in [6.07, 6.45) is 0.657. The summed E-state index contributed by atoms with van der Waals surface area (Å²) in [5, 5.41) is 13.5. The predicted octanol–water partition coefficient (Wildman–Crippen LogP) is 0.356. The predicted molar refractivity (Wildman–Crippen MR) is 113 cm³/mol. The van der Waals surface area contributed by atoms with Gasteiger partial charge in [-0.2, -0.15) is 0 Å². The molecule has 1 N–H and O–H groups in total. The van der Waals surface area contributed by atoms with Crippen LogP contribution in [0.4, 0.5) is 4.39 Å². The van der Waals surface area contributed by atoms with Gasteiger partial charge in [-0.15, -0.1) is 0 Å². The van der Waals surface area contributed by atoms with Crippen LogP contribution in [0.1, 0.15) is 23.6 Å². The van der Waals surface area contributed by atoms with Crippen LogP contribution in [-0.2, 0) is 9.59 Å². The van der Waals surface area contributed by atoms with Gasteiger partial charge in [0.05, 0.1) is 26.7 Å². The number of benzene rings is 2. The molecule has 32 heavy (non-hydrogen) atoms. The van der Waals surface area contributed by atoms with E-state index < -0.39 is 29.3 Å². The number of hydrogen-bond acceptors (Lipinski definition) is 5. The second-order valence-electron chi connectivity index (χ2n) is 8.19. The molecule has 1 saturated heterocycles. The fourth-order valence-corrected chi connectivity index (χ4v) is 4.04. The molecule has 0 bridgehead atoms. The van der Waals surface area contributed by atoms with E-state index in [2.05, 4.69) is 0 Å². The Balaban J connectivity index is 1.77. The Labute approximate surface area is 185 Å². The number of nitrogens with zero attached hydrogens (tertiary/aromatic N) is 1. The lowest BCUT2D eigenvalue weighted by Gasteiger charge is -2.28. The van der Waals surface area contributed by atoms with Crippen LogP contribution in [0.3, 0.4) is 0 Å². The Morgan fingerprint density at radius 1 is 1.09 bits per heavy atom. The number of carbonyl (C=O) groups excluding carboxylic acids is 2. The largest absolute Gasteiger partial charge is 0.872 e. The summed E-state index contributed by atoms with van der Waals surface area (Å²) in [7, 11) is 3.99. The second-order valence-corrected chi connectivity index (χ2v) is 8.19. The smallest absolute Gasteiger partial charge is 0.295 e. The molecule has 0 spiro atoms. The molecule has 4 rings (SSSR count). The van der Waals surface area contributed by atoms with Crippen LogP contribution in [0.5, 0.6) is 11.5 Å². The quantitative estimate of drug-likeness (QED) is 0.398. The number of rotatable bonds is 6. The molecule has 8 heteroatoms. The number of ether oxygens (including phenoxy) is 2. The molecule has 1 fully saturated rings. The van der Waals surface area contributed by atoms with Crippen LogP contribution in [-0.4, -0.2) is 57.0 Å². The number of fused-ring (bicyclic) bond motifs is 1. The van der Waals surface area contributed by atoms with E-state index in [4.69, 9.17) is 9.47 Å². The highest BCUT2D eigenvalue weighted by Crippen LogP contribution is 2.40. The molecule has 1 unspecified atom stereocenters. The molecule has 2 aliphatic heterocycles. The first-order chi connectivity index (χ1) is 15.4. The SMILES string of the molecule is C[NH+](C)CCCN1C(=O)C(=O)/C(=C(/[O-])c2ccc3c(c2)OCCO3)C1c1ccc(F)cc1. The average molecular weight is 440 g/mol. The number of quaternary nitrogens is 1. The van der Waals surface area contributed by atoms with E-state index in [0.717, 1.165) is 6.54 Å². The monoisotopic (exact) mass is 440 g/mol. The number of Topliss-reactive ketones (excluding diaryl/α,β-unsaturated/α-hetero) is 1. The van der Waals surface area contributed by atoms with Gasteiger partial charge in [-0.25, -0.2) is 4.39 Å². The zero-order valence-corrected chi connectivity index (χ0v) is 18.0. The summed E-state index contributed by atoms with van der Waals surface area (Å²) in [6, 6.07) is 9.37. The van der Waals surface area contributed by atoms with Crippen LogP contribution in [0.15, 0.2) is 48.0 Å². The van der Waals surface area contributed by atoms with E-state index in [-0.39, 0.29) is 11.1 Å². The van der Waals surface area contributed by atoms with E-state index in [9.17, 15) is 19.1 Å². The Hall–Kier alpha value is -3.39. The van der Waals surface area contributed by atoms with Gasteiger partial charge in [0.15, 0.2) is 11.5 Å². The number of nitrogens with one attached hydrogen (secondary N) is 1. The van der Waals surface area contributed by atoms with Crippen LogP contribution in [0, 0.1) is 5.82 Å². The molecule has 2 aromatic carbocycles. The van der Waals surface area contributed by atoms with Gasteiger partial charge in [-0.05, 0) is 35.4 Å². The average Bonchev–Trinajstić information content (AvgIpc) is 3.03. The molecule has 2 aromatic rings. The molecule has 0 saturated carbocycles. The standard InChI is InChI=1S/C24H25FN2O5/c1-26(2)10-3-11-27-21(15-4-7-17(25)8-5-15)20(23(29)24(27)30)22(28)16-6-9-18-19(14-16)32-13-12-31-18/h4-9,14,21,28H,3,10-13H2,1-2H3/b22-20+. The molecular weight excluding hydrogens is 415 g/mol. The molecular formula is C24H25FN2O5. The van der Waals surface area contributed by atoms with Gasteiger partial charge in [0.25, 0.3) is 5.91 Å². The van der Waals surface area contributed by atoms with Gasteiger partial charge >= 0.3 is 0 Å². The number of halogens is 1. The van der Waals surface area contributed by atoms with Gasteiger partial charge in [-0.1, -0.05) is 24.0 Å². The molecule has 1 atom stereocenters. The van der Waals surface area contributed by atoms with Gasteiger partial charge in [0.1, 0.15) is 19.0 Å². The van der Waals surface area contributed by atoms with Crippen LogP contribution >= 0.6 is 0 Å². The summed E-state index contributed by atoms with van der Waals surface area (Å²) in [5.74, 6) is -1.58. The maximum Gasteiger partial charge on any atom is 0.295 e. The van der Waals surface area contributed by atoms with Gasteiger partial charge in [0.2, 0.25) is 5.78 Å². The van der Waals surface area contributed by atoms with E-state index in [1.54, 1.807) is 12.1 Å². The number of likely N-dealkylation sites (tertiary alicyclic amines) is 1. The zero-order valence-electron chi connectivity index (χ0n) is 18.0. The summed E-state index contributed by atoms with van der Waals surface area (Å²) < 4.78 is 24.6. The normalized spacial score (nSPS) is 19.6. The lowest BCUT2D eigenvalue weighted by atomic mass is 9.95. The number of carbonyl (C=O) groups is 2. The lowest BCUT2D eigenvalue weighted by molar-refractivity contribution is -0.858. The molecule has 0 aliphatic carbocycles. The number of hydrogen-bond donors (Lipinski definition) is 1. The van der Waals surface area contributed by atoms with Crippen molar-refractivity contribution in [1.82, 2.24) is 4.90 Å². The van der Waals surface area contributed by atoms with Crippen molar-refractivity contribution in [2.45, 2.75) is 12.5 Å². The van der Waals surface area contributed by atoms with E-state index >= 15 is 0 Å². The number of amides is 1.